The van der Waals surface area contributed by atoms with Crippen LogP contribution in [0.25, 0.3) is 0 Å². The number of benzene rings is 2. The minimum atomic E-state index is -0.613. The van der Waals surface area contributed by atoms with Crippen molar-refractivity contribution in [1.82, 2.24) is 5.32 Å². The van der Waals surface area contributed by atoms with Crippen molar-refractivity contribution in [3.05, 3.63) is 54.1 Å². The lowest BCUT2D eigenvalue weighted by Crippen LogP contribution is -2.42. The van der Waals surface area contributed by atoms with Crippen LogP contribution in [-0.4, -0.2) is 31.6 Å². The first-order valence-electron chi connectivity index (χ1n) is 10.9. The van der Waals surface area contributed by atoms with Crippen molar-refractivity contribution >= 4 is 23.3 Å². The number of rotatable bonds is 7. The zero-order valence-electron chi connectivity index (χ0n) is 18.9. The molecule has 2 aromatic rings. The molecule has 2 aromatic carbocycles. The van der Waals surface area contributed by atoms with Gasteiger partial charge in [-0.2, -0.15) is 0 Å². The highest BCUT2D eigenvalue weighted by molar-refractivity contribution is 6.00. The van der Waals surface area contributed by atoms with Crippen LogP contribution >= 0.6 is 0 Å². The monoisotopic (exact) mass is 423 g/mol. The van der Waals surface area contributed by atoms with E-state index in [2.05, 4.69) is 24.5 Å². The van der Waals surface area contributed by atoms with Crippen molar-refractivity contribution in [3.8, 4) is 5.75 Å². The van der Waals surface area contributed by atoms with Crippen LogP contribution in [0.2, 0.25) is 0 Å². The van der Waals surface area contributed by atoms with Crippen LogP contribution < -0.4 is 20.3 Å². The predicted octanol–water partition coefficient (Wildman–Crippen LogP) is 4.85. The van der Waals surface area contributed by atoms with Crippen LogP contribution in [-0.2, 0) is 11.2 Å². The quantitative estimate of drug-likeness (QED) is 0.669. The van der Waals surface area contributed by atoms with E-state index in [-0.39, 0.29) is 11.9 Å². The van der Waals surface area contributed by atoms with Crippen molar-refractivity contribution in [2.24, 2.45) is 11.3 Å². The Hall–Kier alpha value is -3.02. The van der Waals surface area contributed by atoms with Gasteiger partial charge in [-0.05, 0) is 50.3 Å². The standard InChI is InChI=1S/C25H33N3O3/c1-18(2)13-15-28-21-11-10-20(16-22(21)31-17-25(3,4)23(28)29)27-24(30)26-14-12-19-8-6-5-7-9-19/h5-11,16,18H,12-15,17H2,1-4H3,(H2,26,27,30). The van der Waals surface area contributed by atoms with E-state index in [0.29, 0.717) is 37.1 Å². The van der Waals surface area contributed by atoms with Crippen molar-refractivity contribution in [2.45, 2.75) is 40.5 Å². The molecule has 6 heteroatoms. The Balaban J connectivity index is 1.67. The summed E-state index contributed by atoms with van der Waals surface area (Å²) in [5.41, 5.74) is 1.95. The van der Waals surface area contributed by atoms with Gasteiger partial charge >= 0.3 is 6.03 Å². The van der Waals surface area contributed by atoms with Gasteiger partial charge in [0.05, 0.1) is 11.1 Å². The van der Waals surface area contributed by atoms with E-state index < -0.39 is 5.41 Å². The highest BCUT2D eigenvalue weighted by Gasteiger charge is 2.37. The van der Waals surface area contributed by atoms with Crippen LogP contribution in [0.15, 0.2) is 48.5 Å². The number of hydrogen-bond donors (Lipinski definition) is 2. The Bertz CT molecular complexity index is 909. The summed E-state index contributed by atoms with van der Waals surface area (Å²) in [6, 6.07) is 15.2. The van der Waals surface area contributed by atoms with Gasteiger partial charge in [0.2, 0.25) is 5.91 Å². The molecular weight excluding hydrogens is 390 g/mol. The third-order valence-corrected chi connectivity index (χ3v) is 5.39. The van der Waals surface area contributed by atoms with Gasteiger partial charge in [0.1, 0.15) is 12.4 Å². The summed E-state index contributed by atoms with van der Waals surface area (Å²) in [7, 11) is 0. The zero-order valence-corrected chi connectivity index (χ0v) is 18.9. The molecule has 0 radical (unpaired) electrons. The van der Waals surface area contributed by atoms with E-state index >= 15 is 0 Å². The molecule has 0 aromatic heterocycles. The first-order valence-corrected chi connectivity index (χ1v) is 10.9. The van der Waals surface area contributed by atoms with Gasteiger partial charge in [-0.25, -0.2) is 4.79 Å². The molecule has 6 nitrogen and oxygen atoms in total. The number of urea groups is 1. The maximum Gasteiger partial charge on any atom is 0.319 e. The number of carbonyl (C=O) groups is 2. The second kappa shape index (κ2) is 9.86. The van der Waals surface area contributed by atoms with Gasteiger partial charge in [0, 0.05) is 24.8 Å². The van der Waals surface area contributed by atoms with Gasteiger partial charge in [0.25, 0.3) is 0 Å². The van der Waals surface area contributed by atoms with E-state index in [9.17, 15) is 9.59 Å². The maximum absolute atomic E-state index is 13.1. The summed E-state index contributed by atoms with van der Waals surface area (Å²) < 4.78 is 6.00. The highest BCUT2D eigenvalue weighted by Crippen LogP contribution is 2.38. The maximum atomic E-state index is 13.1. The fourth-order valence-electron chi connectivity index (χ4n) is 3.47. The van der Waals surface area contributed by atoms with E-state index in [1.165, 1.54) is 5.56 Å². The third-order valence-electron chi connectivity index (χ3n) is 5.39. The topological polar surface area (TPSA) is 70.7 Å². The summed E-state index contributed by atoms with van der Waals surface area (Å²) in [4.78, 5) is 27.2. The van der Waals surface area contributed by atoms with Crippen LogP contribution in [0.4, 0.5) is 16.2 Å². The normalized spacial score (nSPS) is 15.1. The van der Waals surface area contributed by atoms with Crippen LogP contribution in [0.3, 0.4) is 0 Å². The molecule has 1 aliphatic heterocycles. The number of amides is 3. The molecule has 1 heterocycles. The van der Waals surface area contributed by atoms with Crippen molar-refractivity contribution < 1.29 is 14.3 Å². The van der Waals surface area contributed by atoms with Gasteiger partial charge in [-0.1, -0.05) is 44.2 Å². The van der Waals surface area contributed by atoms with Gasteiger partial charge in [-0.3, -0.25) is 4.79 Å². The number of anilines is 2. The van der Waals surface area contributed by atoms with Gasteiger partial charge in [0.15, 0.2) is 0 Å². The highest BCUT2D eigenvalue weighted by atomic mass is 16.5. The second-order valence-corrected chi connectivity index (χ2v) is 9.11. The number of nitrogens with zero attached hydrogens (tertiary/aromatic N) is 1. The second-order valence-electron chi connectivity index (χ2n) is 9.11. The number of hydrogen-bond acceptors (Lipinski definition) is 3. The lowest BCUT2D eigenvalue weighted by Gasteiger charge is -2.28. The molecule has 0 bridgehead atoms. The minimum Gasteiger partial charge on any atom is -0.490 e. The molecule has 0 spiro atoms. The Morgan fingerprint density at radius 2 is 1.90 bits per heavy atom. The van der Waals surface area contributed by atoms with E-state index in [1.54, 1.807) is 6.07 Å². The molecule has 0 atom stereocenters. The Morgan fingerprint density at radius 3 is 2.61 bits per heavy atom. The molecule has 3 amide bonds. The fraction of sp³-hybridized carbons (Fsp3) is 0.440. The van der Waals surface area contributed by atoms with E-state index in [1.807, 2.05) is 61.2 Å². The summed E-state index contributed by atoms with van der Waals surface area (Å²) in [6.07, 6.45) is 1.68. The van der Waals surface area contributed by atoms with Gasteiger partial charge < -0.3 is 20.3 Å². The van der Waals surface area contributed by atoms with Crippen molar-refractivity contribution in [2.75, 3.05) is 29.9 Å². The summed E-state index contributed by atoms with van der Waals surface area (Å²) in [5, 5.41) is 5.74. The molecule has 0 fully saturated rings. The van der Waals surface area contributed by atoms with Crippen molar-refractivity contribution in [3.63, 3.8) is 0 Å². The van der Waals surface area contributed by atoms with Crippen LogP contribution in [0, 0.1) is 11.3 Å². The zero-order chi connectivity index (χ0) is 22.4. The predicted molar refractivity (Wildman–Crippen MR) is 125 cm³/mol. The average molecular weight is 424 g/mol. The Kier molecular flexibility index (Phi) is 7.21. The Morgan fingerprint density at radius 1 is 1.16 bits per heavy atom. The van der Waals surface area contributed by atoms with E-state index in [0.717, 1.165) is 18.5 Å². The number of nitrogens with one attached hydrogen (secondary N) is 2. The lowest BCUT2D eigenvalue weighted by molar-refractivity contribution is -0.127. The SMILES string of the molecule is CC(C)CCN1C(=O)C(C)(C)COc2cc(NC(=O)NCCc3ccccc3)ccc21. The number of ether oxygens (including phenoxy) is 1. The third kappa shape index (κ3) is 6.00. The minimum absolute atomic E-state index is 0.0614. The largest absolute Gasteiger partial charge is 0.490 e. The molecular formula is C25H33N3O3. The summed E-state index contributed by atoms with van der Waals surface area (Å²) >= 11 is 0. The number of carbonyl (C=O) groups excluding carboxylic acids is 2. The molecule has 2 N–H and O–H groups in total. The van der Waals surface area contributed by atoms with Crippen molar-refractivity contribution in [1.29, 1.82) is 0 Å². The number of fused-ring (bicyclic) bond motifs is 1. The van der Waals surface area contributed by atoms with Gasteiger partial charge in [-0.15, -0.1) is 0 Å². The molecule has 0 saturated heterocycles. The van der Waals surface area contributed by atoms with Crippen LogP contribution in [0.1, 0.15) is 39.7 Å². The molecule has 0 aliphatic carbocycles. The average Bonchev–Trinajstić information content (AvgIpc) is 2.82. The smallest absolute Gasteiger partial charge is 0.319 e. The van der Waals surface area contributed by atoms with E-state index in [4.69, 9.17) is 4.74 Å². The molecule has 31 heavy (non-hydrogen) atoms. The summed E-state index contributed by atoms with van der Waals surface area (Å²) in [6.45, 7) is 9.59. The first-order chi connectivity index (χ1) is 14.8. The fourth-order valence-corrected chi connectivity index (χ4v) is 3.47. The Labute approximate surface area is 185 Å². The molecule has 0 saturated carbocycles. The summed E-state index contributed by atoms with van der Waals surface area (Å²) in [5.74, 6) is 1.17. The molecule has 1 aliphatic rings. The molecule has 166 valence electrons. The molecule has 3 rings (SSSR count). The van der Waals surface area contributed by atoms with Crippen LogP contribution in [0.5, 0.6) is 5.75 Å². The molecule has 0 unspecified atom stereocenters. The first kappa shape index (κ1) is 22.7. The lowest BCUT2D eigenvalue weighted by atomic mass is 9.92.